The number of anilines is 1. The lowest BCUT2D eigenvalue weighted by atomic mass is 10.1. The molecule has 2 nitrogen and oxygen atoms in total. The van der Waals surface area contributed by atoms with Crippen LogP contribution >= 0.6 is 0 Å². The third-order valence-electron chi connectivity index (χ3n) is 2.91. The number of unbranched alkanes of at least 4 members (excludes halogenated alkanes) is 5. The summed E-state index contributed by atoms with van der Waals surface area (Å²) in [5, 5.41) is 2.60. The minimum Gasteiger partial charge on any atom is -0.324 e. The van der Waals surface area contributed by atoms with Gasteiger partial charge in [-0.15, -0.1) is 0 Å². The molecule has 0 spiro atoms. The van der Waals surface area contributed by atoms with Crippen LogP contribution in [-0.2, 0) is 4.79 Å². The van der Waals surface area contributed by atoms with Gasteiger partial charge in [-0.1, -0.05) is 51.2 Å². The molecule has 0 aliphatic heterocycles. The number of para-hydroxylation sites is 1. The van der Waals surface area contributed by atoms with E-state index in [-0.39, 0.29) is 17.4 Å². The van der Waals surface area contributed by atoms with E-state index in [4.69, 9.17) is 0 Å². The quantitative estimate of drug-likeness (QED) is 0.676. The molecular formula is C15H22FNO. The number of carbonyl (C=O) groups excluding carboxylic acids is 1. The van der Waals surface area contributed by atoms with Gasteiger partial charge < -0.3 is 5.32 Å². The third kappa shape index (κ3) is 5.80. The smallest absolute Gasteiger partial charge is 0.224 e. The summed E-state index contributed by atoms with van der Waals surface area (Å²) < 4.78 is 13.3. The largest absolute Gasteiger partial charge is 0.324 e. The Hall–Kier alpha value is -1.38. The number of nitrogens with one attached hydrogen (secondary N) is 1. The van der Waals surface area contributed by atoms with Crippen LogP contribution in [0.15, 0.2) is 24.3 Å². The Morgan fingerprint density at radius 1 is 1.11 bits per heavy atom. The van der Waals surface area contributed by atoms with Crippen LogP contribution in [0, 0.1) is 5.82 Å². The van der Waals surface area contributed by atoms with Gasteiger partial charge in [0, 0.05) is 6.42 Å². The molecule has 18 heavy (non-hydrogen) atoms. The fourth-order valence-electron chi connectivity index (χ4n) is 1.84. The number of rotatable bonds is 8. The van der Waals surface area contributed by atoms with Crippen LogP contribution in [0.1, 0.15) is 51.9 Å². The van der Waals surface area contributed by atoms with Crippen molar-refractivity contribution in [2.75, 3.05) is 5.32 Å². The lowest BCUT2D eigenvalue weighted by molar-refractivity contribution is -0.116. The summed E-state index contributed by atoms with van der Waals surface area (Å²) in [6.07, 6.45) is 7.34. The molecule has 1 amide bonds. The highest BCUT2D eigenvalue weighted by Crippen LogP contribution is 2.13. The lowest BCUT2D eigenvalue weighted by Gasteiger charge is -2.06. The summed E-state index contributed by atoms with van der Waals surface area (Å²) in [4.78, 5) is 11.6. The molecular weight excluding hydrogens is 229 g/mol. The molecule has 0 fully saturated rings. The van der Waals surface area contributed by atoms with Crippen molar-refractivity contribution in [1.82, 2.24) is 0 Å². The summed E-state index contributed by atoms with van der Waals surface area (Å²) in [6.45, 7) is 2.18. The number of amides is 1. The third-order valence-corrected chi connectivity index (χ3v) is 2.91. The van der Waals surface area contributed by atoms with Crippen molar-refractivity contribution < 1.29 is 9.18 Å². The van der Waals surface area contributed by atoms with Crippen LogP contribution in [0.5, 0.6) is 0 Å². The van der Waals surface area contributed by atoms with Crippen LogP contribution < -0.4 is 5.32 Å². The van der Waals surface area contributed by atoms with E-state index in [1.54, 1.807) is 18.2 Å². The number of halogens is 1. The maximum Gasteiger partial charge on any atom is 0.224 e. The van der Waals surface area contributed by atoms with Gasteiger partial charge >= 0.3 is 0 Å². The maximum atomic E-state index is 13.3. The average Bonchev–Trinajstić information content (AvgIpc) is 2.36. The van der Waals surface area contributed by atoms with Crippen molar-refractivity contribution in [3.05, 3.63) is 30.1 Å². The Balaban J connectivity index is 2.16. The molecule has 0 saturated carbocycles. The first-order valence-corrected chi connectivity index (χ1v) is 6.78. The zero-order valence-corrected chi connectivity index (χ0v) is 11.0. The van der Waals surface area contributed by atoms with Crippen LogP contribution in [0.4, 0.5) is 10.1 Å². The van der Waals surface area contributed by atoms with Crippen LogP contribution in [0.3, 0.4) is 0 Å². The summed E-state index contributed by atoms with van der Waals surface area (Å²) in [5.41, 5.74) is 0.272. The molecule has 0 unspecified atom stereocenters. The molecule has 0 atom stereocenters. The van der Waals surface area contributed by atoms with E-state index in [1.165, 1.54) is 31.7 Å². The van der Waals surface area contributed by atoms with Crippen molar-refractivity contribution in [3.63, 3.8) is 0 Å². The first kappa shape index (κ1) is 14.7. The summed E-state index contributed by atoms with van der Waals surface area (Å²) in [7, 11) is 0. The van der Waals surface area contributed by atoms with E-state index in [2.05, 4.69) is 12.2 Å². The number of benzene rings is 1. The molecule has 0 aromatic heterocycles. The van der Waals surface area contributed by atoms with Crippen molar-refractivity contribution in [3.8, 4) is 0 Å². The first-order valence-electron chi connectivity index (χ1n) is 6.78. The van der Waals surface area contributed by atoms with Gasteiger partial charge in [-0.25, -0.2) is 4.39 Å². The monoisotopic (exact) mass is 251 g/mol. The Bertz CT molecular complexity index is 365. The van der Waals surface area contributed by atoms with Gasteiger partial charge in [-0.05, 0) is 18.6 Å². The maximum absolute atomic E-state index is 13.3. The Kier molecular flexibility index (Phi) is 7.07. The predicted molar refractivity (Wildman–Crippen MR) is 73.0 cm³/mol. The molecule has 0 saturated heterocycles. The summed E-state index contributed by atoms with van der Waals surface area (Å²) in [6, 6.07) is 6.25. The Labute approximate surface area is 109 Å². The topological polar surface area (TPSA) is 29.1 Å². The van der Waals surface area contributed by atoms with Gasteiger partial charge in [0.2, 0.25) is 5.91 Å². The average molecular weight is 251 g/mol. The van der Waals surface area contributed by atoms with E-state index in [1.807, 2.05) is 0 Å². The zero-order chi connectivity index (χ0) is 13.2. The standard InChI is InChI=1S/C15H22FNO/c1-2-3-4-5-6-7-12-15(18)17-14-11-9-8-10-13(14)16/h8-11H,2-7,12H2,1H3,(H,17,18). The highest BCUT2D eigenvalue weighted by molar-refractivity contribution is 5.90. The molecule has 1 aromatic carbocycles. The summed E-state index contributed by atoms with van der Waals surface area (Å²) >= 11 is 0. The van der Waals surface area contributed by atoms with Gasteiger partial charge in [-0.2, -0.15) is 0 Å². The molecule has 3 heteroatoms. The number of carbonyl (C=O) groups is 1. The van der Waals surface area contributed by atoms with Gasteiger partial charge in [0.15, 0.2) is 0 Å². The second-order valence-electron chi connectivity index (χ2n) is 4.55. The highest BCUT2D eigenvalue weighted by Gasteiger charge is 2.05. The van der Waals surface area contributed by atoms with E-state index in [0.29, 0.717) is 6.42 Å². The number of hydrogen-bond donors (Lipinski definition) is 1. The normalized spacial score (nSPS) is 10.3. The molecule has 0 bridgehead atoms. The second-order valence-corrected chi connectivity index (χ2v) is 4.55. The number of hydrogen-bond acceptors (Lipinski definition) is 1. The molecule has 1 aromatic rings. The second kappa shape index (κ2) is 8.67. The SMILES string of the molecule is CCCCCCCCC(=O)Nc1ccccc1F. The van der Waals surface area contributed by atoms with Crippen LogP contribution in [0.25, 0.3) is 0 Å². The molecule has 1 N–H and O–H groups in total. The van der Waals surface area contributed by atoms with Crippen LogP contribution in [0.2, 0.25) is 0 Å². The predicted octanol–water partition coefficient (Wildman–Crippen LogP) is 4.51. The fraction of sp³-hybridized carbons (Fsp3) is 0.533. The van der Waals surface area contributed by atoms with Gasteiger partial charge in [0.05, 0.1) is 5.69 Å². The molecule has 0 aliphatic carbocycles. The minimum atomic E-state index is -0.381. The first-order chi connectivity index (χ1) is 8.74. The van der Waals surface area contributed by atoms with Crippen molar-refractivity contribution in [1.29, 1.82) is 0 Å². The molecule has 0 heterocycles. The van der Waals surface area contributed by atoms with Gasteiger partial charge in [0.1, 0.15) is 5.82 Å². The molecule has 1 rings (SSSR count). The molecule has 0 radical (unpaired) electrons. The van der Waals surface area contributed by atoms with Gasteiger partial charge in [-0.3, -0.25) is 4.79 Å². The Morgan fingerprint density at radius 2 is 1.78 bits per heavy atom. The van der Waals surface area contributed by atoms with Crippen LogP contribution in [-0.4, -0.2) is 5.91 Å². The Morgan fingerprint density at radius 3 is 2.50 bits per heavy atom. The van der Waals surface area contributed by atoms with Crippen molar-refractivity contribution >= 4 is 11.6 Å². The van der Waals surface area contributed by atoms with E-state index < -0.39 is 0 Å². The lowest BCUT2D eigenvalue weighted by Crippen LogP contribution is -2.12. The van der Waals surface area contributed by atoms with Gasteiger partial charge in [0.25, 0.3) is 0 Å². The molecule has 100 valence electrons. The fourth-order valence-corrected chi connectivity index (χ4v) is 1.84. The van der Waals surface area contributed by atoms with Crippen molar-refractivity contribution in [2.24, 2.45) is 0 Å². The van der Waals surface area contributed by atoms with E-state index in [0.717, 1.165) is 12.8 Å². The minimum absolute atomic E-state index is 0.101. The van der Waals surface area contributed by atoms with E-state index >= 15 is 0 Å². The summed E-state index contributed by atoms with van der Waals surface area (Å²) in [5.74, 6) is -0.482. The molecule has 0 aliphatic rings. The van der Waals surface area contributed by atoms with E-state index in [9.17, 15) is 9.18 Å². The zero-order valence-electron chi connectivity index (χ0n) is 11.0. The highest BCUT2D eigenvalue weighted by atomic mass is 19.1. The van der Waals surface area contributed by atoms with Crippen molar-refractivity contribution in [2.45, 2.75) is 51.9 Å².